The van der Waals surface area contributed by atoms with E-state index >= 15 is 0 Å². The Morgan fingerprint density at radius 2 is 2.24 bits per heavy atom. The summed E-state index contributed by atoms with van der Waals surface area (Å²) >= 11 is 0. The molecular formula is C10H11F3N2O2. The molecule has 0 bridgehead atoms. The Hall–Kier alpha value is -1.53. The van der Waals surface area contributed by atoms with Crippen LogP contribution in [0.2, 0.25) is 0 Å². The van der Waals surface area contributed by atoms with Crippen molar-refractivity contribution in [3.8, 4) is 0 Å². The maximum atomic E-state index is 12.2. The number of hydrogen-bond donors (Lipinski definition) is 2. The minimum Gasteiger partial charge on any atom is -0.481 e. The SMILES string of the molecule is O=C(O)C1CCCc2[nH]c(CC(F)(F)F)nc21. The summed E-state index contributed by atoms with van der Waals surface area (Å²) in [6, 6.07) is 0. The minimum absolute atomic E-state index is 0.198. The highest BCUT2D eigenvalue weighted by molar-refractivity contribution is 5.76. The second kappa shape index (κ2) is 4.05. The number of fused-ring (bicyclic) bond motifs is 1. The van der Waals surface area contributed by atoms with Crippen LogP contribution in [-0.4, -0.2) is 27.2 Å². The van der Waals surface area contributed by atoms with Gasteiger partial charge in [-0.15, -0.1) is 0 Å². The number of aliphatic carboxylic acids is 1. The van der Waals surface area contributed by atoms with E-state index in [4.69, 9.17) is 5.11 Å². The second-order valence-electron chi connectivity index (χ2n) is 4.12. The Bertz CT molecular complexity index is 439. The number of carboxylic acid groups (broad SMARTS) is 1. The number of imidazole rings is 1. The van der Waals surface area contributed by atoms with Crippen molar-refractivity contribution in [1.29, 1.82) is 0 Å². The maximum Gasteiger partial charge on any atom is 0.396 e. The normalized spacial score (nSPS) is 20.1. The van der Waals surface area contributed by atoms with E-state index in [-0.39, 0.29) is 11.5 Å². The van der Waals surface area contributed by atoms with Gasteiger partial charge >= 0.3 is 12.1 Å². The number of alkyl halides is 3. The summed E-state index contributed by atoms with van der Waals surface area (Å²) in [6.45, 7) is 0. The van der Waals surface area contributed by atoms with Crippen molar-refractivity contribution in [3.05, 3.63) is 17.2 Å². The molecule has 1 aromatic heterocycles. The van der Waals surface area contributed by atoms with E-state index in [0.29, 0.717) is 25.0 Å². The molecule has 17 heavy (non-hydrogen) atoms. The monoisotopic (exact) mass is 248 g/mol. The van der Waals surface area contributed by atoms with Crippen LogP contribution in [0.3, 0.4) is 0 Å². The molecule has 0 fully saturated rings. The number of nitrogens with one attached hydrogen (secondary N) is 1. The third kappa shape index (κ3) is 2.59. The summed E-state index contributed by atoms with van der Waals surface area (Å²) in [5.41, 5.74) is 0.797. The Balaban J connectivity index is 2.28. The van der Waals surface area contributed by atoms with Crippen LogP contribution in [-0.2, 0) is 17.6 Å². The summed E-state index contributed by atoms with van der Waals surface area (Å²) in [6.07, 6.45) is -3.84. The molecule has 0 saturated carbocycles. The Labute approximate surface area is 94.9 Å². The highest BCUT2D eigenvalue weighted by Crippen LogP contribution is 2.31. The van der Waals surface area contributed by atoms with Gasteiger partial charge in [-0.25, -0.2) is 4.98 Å². The van der Waals surface area contributed by atoms with Gasteiger partial charge in [-0.1, -0.05) is 0 Å². The number of H-pyrrole nitrogens is 1. The fraction of sp³-hybridized carbons (Fsp3) is 0.600. The van der Waals surface area contributed by atoms with E-state index in [1.165, 1.54) is 0 Å². The van der Waals surface area contributed by atoms with Gasteiger partial charge in [0.1, 0.15) is 18.2 Å². The van der Waals surface area contributed by atoms with E-state index in [1.54, 1.807) is 0 Å². The van der Waals surface area contributed by atoms with Crippen LogP contribution in [0.4, 0.5) is 13.2 Å². The van der Waals surface area contributed by atoms with Gasteiger partial charge in [-0.2, -0.15) is 13.2 Å². The smallest absolute Gasteiger partial charge is 0.396 e. The average Bonchev–Trinajstić information content (AvgIpc) is 2.55. The van der Waals surface area contributed by atoms with Crippen LogP contribution in [0.15, 0.2) is 0 Å². The number of halogens is 3. The quantitative estimate of drug-likeness (QED) is 0.841. The van der Waals surface area contributed by atoms with Crippen molar-refractivity contribution in [2.75, 3.05) is 0 Å². The van der Waals surface area contributed by atoms with Crippen LogP contribution in [0.25, 0.3) is 0 Å². The van der Waals surface area contributed by atoms with Gasteiger partial charge in [0.2, 0.25) is 0 Å². The first-order valence-electron chi connectivity index (χ1n) is 5.24. The summed E-state index contributed by atoms with van der Waals surface area (Å²) in [5.74, 6) is -2.01. The predicted octanol–water partition coefficient (Wildman–Crippen LogP) is 2.02. The topological polar surface area (TPSA) is 66.0 Å². The van der Waals surface area contributed by atoms with Gasteiger partial charge in [-0.3, -0.25) is 4.79 Å². The molecule has 1 aliphatic carbocycles. The first-order chi connectivity index (χ1) is 7.87. The van der Waals surface area contributed by atoms with Crippen molar-refractivity contribution >= 4 is 5.97 Å². The zero-order valence-corrected chi connectivity index (χ0v) is 8.84. The van der Waals surface area contributed by atoms with E-state index in [9.17, 15) is 18.0 Å². The standard InChI is InChI=1S/C10H11F3N2O2/c11-10(12,13)4-7-14-6-3-1-2-5(9(16)17)8(6)15-7/h5H,1-4H2,(H,14,15)(H,16,17). The Morgan fingerprint density at radius 1 is 1.53 bits per heavy atom. The minimum atomic E-state index is -4.33. The van der Waals surface area contributed by atoms with Gasteiger partial charge in [0, 0.05) is 5.69 Å². The molecule has 7 heteroatoms. The number of nitrogens with zero attached hydrogens (tertiary/aromatic N) is 1. The van der Waals surface area contributed by atoms with Crippen LogP contribution >= 0.6 is 0 Å². The molecule has 94 valence electrons. The van der Waals surface area contributed by atoms with Gasteiger partial charge in [-0.05, 0) is 19.3 Å². The Kier molecular flexibility index (Phi) is 2.84. The summed E-state index contributed by atoms with van der Waals surface area (Å²) in [7, 11) is 0. The lowest BCUT2D eigenvalue weighted by atomic mass is 9.90. The molecule has 0 aromatic carbocycles. The lowest BCUT2D eigenvalue weighted by molar-refractivity contribution is -0.139. The van der Waals surface area contributed by atoms with E-state index in [0.717, 1.165) is 0 Å². The third-order valence-corrected chi connectivity index (χ3v) is 2.78. The molecule has 2 rings (SSSR count). The maximum absolute atomic E-state index is 12.2. The van der Waals surface area contributed by atoms with E-state index in [1.807, 2.05) is 0 Å². The molecule has 2 N–H and O–H groups in total. The molecule has 1 aliphatic rings. The summed E-state index contributed by atoms with van der Waals surface area (Å²) in [4.78, 5) is 17.3. The molecule has 0 radical (unpaired) electrons. The number of rotatable bonds is 2. The Morgan fingerprint density at radius 3 is 2.82 bits per heavy atom. The number of carbonyl (C=O) groups is 1. The molecule has 0 aliphatic heterocycles. The van der Waals surface area contributed by atoms with Gasteiger partial charge in [0.05, 0.1) is 5.69 Å². The number of aromatic nitrogens is 2. The van der Waals surface area contributed by atoms with Gasteiger partial charge in [0.15, 0.2) is 0 Å². The first kappa shape index (κ1) is 11.9. The van der Waals surface area contributed by atoms with E-state index < -0.39 is 24.5 Å². The largest absolute Gasteiger partial charge is 0.481 e. The van der Waals surface area contributed by atoms with Crippen molar-refractivity contribution in [2.45, 2.75) is 37.8 Å². The number of hydrogen-bond acceptors (Lipinski definition) is 2. The first-order valence-corrected chi connectivity index (χ1v) is 5.24. The van der Waals surface area contributed by atoms with Crippen LogP contribution in [0.1, 0.15) is 36.0 Å². The molecular weight excluding hydrogens is 237 g/mol. The highest BCUT2D eigenvalue weighted by Gasteiger charge is 2.33. The summed E-state index contributed by atoms with van der Waals surface area (Å²) < 4.78 is 36.6. The molecule has 0 amide bonds. The zero-order valence-electron chi connectivity index (χ0n) is 8.84. The van der Waals surface area contributed by atoms with Crippen molar-refractivity contribution < 1.29 is 23.1 Å². The van der Waals surface area contributed by atoms with Crippen LogP contribution < -0.4 is 0 Å². The molecule has 0 saturated heterocycles. The predicted molar refractivity (Wildman–Crippen MR) is 51.7 cm³/mol. The highest BCUT2D eigenvalue weighted by atomic mass is 19.4. The fourth-order valence-corrected chi connectivity index (χ4v) is 2.09. The molecule has 1 unspecified atom stereocenters. The summed E-state index contributed by atoms with van der Waals surface area (Å²) in [5, 5.41) is 8.95. The molecule has 0 spiro atoms. The second-order valence-corrected chi connectivity index (χ2v) is 4.12. The third-order valence-electron chi connectivity index (χ3n) is 2.78. The van der Waals surface area contributed by atoms with E-state index in [2.05, 4.69) is 9.97 Å². The lowest BCUT2D eigenvalue weighted by Gasteiger charge is -2.16. The average molecular weight is 248 g/mol. The molecule has 4 nitrogen and oxygen atoms in total. The number of aromatic amines is 1. The fourth-order valence-electron chi connectivity index (χ4n) is 2.09. The lowest BCUT2D eigenvalue weighted by Crippen LogP contribution is -2.18. The molecule has 1 aromatic rings. The molecule has 1 atom stereocenters. The van der Waals surface area contributed by atoms with Gasteiger partial charge in [0.25, 0.3) is 0 Å². The van der Waals surface area contributed by atoms with Crippen LogP contribution in [0.5, 0.6) is 0 Å². The molecule has 1 heterocycles. The van der Waals surface area contributed by atoms with Crippen molar-refractivity contribution in [2.24, 2.45) is 0 Å². The zero-order chi connectivity index (χ0) is 12.6. The van der Waals surface area contributed by atoms with Gasteiger partial charge < -0.3 is 10.1 Å². The van der Waals surface area contributed by atoms with Crippen LogP contribution in [0, 0.1) is 0 Å². The number of carboxylic acids is 1. The van der Waals surface area contributed by atoms with Crippen molar-refractivity contribution in [1.82, 2.24) is 9.97 Å². The number of aryl methyl sites for hydroxylation is 1. The van der Waals surface area contributed by atoms with Crippen molar-refractivity contribution in [3.63, 3.8) is 0 Å².